The molecule has 3 N–H and O–H groups in total. The number of phenols is 1. The van der Waals surface area contributed by atoms with Crippen LogP contribution in [0.1, 0.15) is 11.6 Å². The van der Waals surface area contributed by atoms with E-state index in [0.717, 1.165) is 0 Å². The zero-order valence-corrected chi connectivity index (χ0v) is 9.61. The van der Waals surface area contributed by atoms with E-state index in [9.17, 15) is 9.50 Å². The highest BCUT2D eigenvalue weighted by atomic mass is 79.9. The molecule has 0 bridgehead atoms. The second-order valence-electron chi connectivity index (χ2n) is 2.56. The summed E-state index contributed by atoms with van der Waals surface area (Å²) >= 11 is 2.91. The van der Waals surface area contributed by atoms with Gasteiger partial charge in [0, 0.05) is 5.56 Å². The Labute approximate surface area is 96.2 Å². The summed E-state index contributed by atoms with van der Waals surface area (Å²) in [6, 6.07) is 2.18. The Morgan fingerprint density at radius 1 is 1.57 bits per heavy atom. The second kappa shape index (κ2) is 5.34. The van der Waals surface area contributed by atoms with Crippen molar-refractivity contribution in [2.24, 2.45) is 5.73 Å². The van der Waals surface area contributed by atoms with Crippen LogP contribution in [-0.4, -0.2) is 5.11 Å². The van der Waals surface area contributed by atoms with E-state index in [1.807, 2.05) is 0 Å². The van der Waals surface area contributed by atoms with Crippen molar-refractivity contribution in [1.29, 1.82) is 0 Å². The number of nitrogens with two attached hydrogens (primary N) is 1. The van der Waals surface area contributed by atoms with Crippen LogP contribution < -0.4 is 5.73 Å². The lowest BCUT2D eigenvalue weighted by molar-refractivity contribution is 0.455. The zero-order chi connectivity index (χ0) is 10.0. The maximum absolute atomic E-state index is 12.9. The minimum absolute atomic E-state index is 0. The van der Waals surface area contributed by atoms with Crippen LogP contribution in [0.3, 0.4) is 0 Å². The van der Waals surface area contributed by atoms with E-state index < -0.39 is 11.9 Å². The number of aromatic hydroxyl groups is 1. The van der Waals surface area contributed by atoms with E-state index in [0.29, 0.717) is 5.56 Å². The Morgan fingerprint density at radius 3 is 2.64 bits per heavy atom. The molecule has 0 spiro atoms. The molecular weight excluding hydrogens is 272 g/mol. The Hall–Kier alpha value is -0.580. The lowest BCUT2D eigenvalue weighted by Crippen LogP contribution is -2.07. The second-order valence-corrected chi connectivity index (χ2v) is 3.35. The molecule has 0 saturated carbocycles. The van der Waals surface area contributed by atoms with E-state index >= 15 is 0 Å². The van der Waals surface area contributed by atoms with Gasteiger partial charge in [-0.25, -0.2) is 4.39 Å². The minimum Gasteiger partial charge on any atom is -0.506 e. The molecule has 0 radical (unpaired) electrons. The number of halogens is 3. The van der Waals surface area contributed by atoms with Crippen LogP contribution >= 0.6 is 28.3 Å². The molecule has 5 heteroatoms. The lowest BCUT2D eigenvalue weighted by Gasteiger charge is -2.10. The van der Waals surface area contributed by atoms with Crippen LogP contribution in [0.15, 0.2) is 29.3 Å². The minimum atomic E-state index is -0.516. The summed E-state index contributed by atoms with van der Waals surface area (Å²) in [6.45, 7) is 3.49. The molecule has 0 saturated heterocycles. The monoisotopic (exact) mass is 281 g/mol. The maximum Gasteiger partial charge on any atom is 0.141 e. The van der Waals surface area contributed by atoms with Gasteiger partial charge in [-0.05, 0) is 22.0 Å². The predicted molar refractivity (Wildman–Crippen MR) is 60.1 cm³/mol. The van der Waals surface area contributed by atoms with Crippen LogP contribution in [0.2, 0.25) is 0 Å². The van der Waals surface area contributed by atoms with Crippen LogP contribution in [0.5, 0.6) is 5.75 Å². The predicted octanol–water partition coefficient (Wildman–Crippen LogP) is 2.90. The molecule has 78 valence electrons. The summed E-state index contributed by atoms with van der Waals surface area (Å²) in [5.41, 5.74) is 6.04. The molecule has 0 aliphatic heterocycles. The van der Waals surface area contributed by atoms with Crippen molar-refractivity contribution in [2.75, 3.05) is 0 Å². The first-order valence-electron chi connectivity index (χ1n) is 3.63. The van der Waals surface area contributed by atoms with Crippen molar-refractivity contribution in [3.8, 4) is 5.75 Å². The van der Waals surface area contributed by atoms with Gasteiger partial charge in [-0.3, -0.25) is 0 Å². The normalized spacial score (nSPS) is 11.6. The molecule has 1 aromatic carbocycles. The average molecular weight is 283 g/mol. The highest BCUT2D eigenvalue weighted by Gasteiger charge is 2.13. The zero-order valence-electron chi connectivity index (χ0n) is 7.21. The number of hydrogen-bond donors (Lipinski definition) is 2. The van der Waals surface area contributed by atoms with E-state index in [1.165, 1.54) is 18.2 Å². The summed E-state index contributed by atoms with van der Waals surface area (Å²) < 4.78 is 12.9. The molecule has 0 amide bonds. The topological polar surface area (TPSA) is 46.2 Å². The summed E-state index contributed by atoms with van der Waals surface area (Å²) in [4.78, 5) is 0. The van der Waals surface area contributed by atoms with E-state index in [-0.39, 0.29) is 22.6 Å². The largest absolute Gasteiger partial charge is 0.506 e. The Morgan fingerprint density at radius 2 is 2.14 bits per heavy atom. The van der Waals surface area contributed by atoms with Crippen molar-refractivity contribution >= 4 is 28.3 Å². The molecule has 0 heterocycles. The van der Waals surface area contributed by atoms with Gasteiger partial charge in [0.15, 0.2) is 0 Å². The van der Waals surface area contributed by atoms with Gasteiger partial charge in [-0.1, -0.05) is 12.1 Å². The standard InChI is InChI=1S/C9H9BrFNO.ClH/c1-2-7(12)5-3-4-6(11)8(10)9(5)13;/h2-4,7,13H,1,12H2;1H/t7-;/m0./s1. The van der Waals surface area contributed by atoms with Crippen molar-refractivity contribution in [3.63, 3.8) is 0 Å². The van der Waals surface area contributed by atoms with E-state index in [4.69, 9.17) is 5.73 Å². The van der Waals surface area contributed by atoms with Gasteiger partial charge in [-0.15, -0.1) is 19.0 Å². The molecule has 0 aliphatic carbocycles. The van der Waals surface area contributed by atoms with Crippen molar-refractivity contribution in [2.45, 2.75) is 6.04 Å². The van der Waals surface area contributed by atoms with Gasteiger partial charge in [0.1, 0.15) is 11.6 Å². The van der Waals surface area contributed by atoms with Crippen molar-refractivity contribution in [1.82, 2.24) is 0 Å². The van der Waals surface area contributed by atoms with E-state index in [2.05, 4.69) is 22.5 Å². The first-order chi connectivity index (χ1) is 6.07. The number of phenolic OH excluding ortho intramolecular Hbond substituents is 1. The highest BCUT2D eigenvalue weighted by molar-refractivity contribution is 9.10. The molecule has 1 rings (SSSR count). The first-order valence-corrected chi connectivity index (χ1v) is 4.42. The lowest BCUT2D eigenvalue weighted by atomic mass is 10.1. The fraction of sp³-hybridized carbons (Fsp3) is 0.111. The van der Waals surface area contributed by atoms with Crippen LogP contribution in [0.25, 0.3) is 0 Å². The van der Waals surface area contributed by atoms with Gasteiger partial charge in [0.2, 0.25) is 0 Å². The van der Waals surface area contributed by atoms with Gasteiger partial charge in [0.25, 0.3) is 0 Å². The Bertz CT molecular complexity index is 346. The molecule has 0 fully saturated rings. The summed E-state index contributed by atoms with van der Waals surface area (Å²) in [6.07, 6.45) is 1.47. The Kier molecular flexibility index (Phi) is 5.12. The molecule has 0 unspecified atom stereocenters. The van der Waals surface area contributed by atoms with Crippen molar-refractivity contribution < 1.29 is 9.50 Å². The number of rotatable bonds is 2. The first kappa shape index (κ1) is 13.4. The number of hydrogen-bond acceptors (Lipinski definition) is 2. The molecule has 2 nitrogen and oxygen atoms in total. The number of benzene rings is 1. The van der Waals surface area contributed by atoms with E-state index in [1.54, 1.807) is 0 Å². The summed E-state index contributed by atoms with van der Waals surface area (Å²) in [5.74, 6) is -0.690. The molecule has 14 heavy (non-hydrogen) atoms. The third kappa shape index (κ3) is 2.47. The van der Waals surface area contributed by atoms with Gasteiger partial charge < -0.3 is 10.8 Å². The van der Waals surface area contributed by atoms with Crippen LogP contribution in [0.4, 0.5) is 4.39 Å². The third-order valence-electron chi connectivity index (χ3n) is 1.71. The van der Waals surface area contributed by atoms with Gasteiger partial charge >= 0.3 is 0 Å². The summed E-state index contributed by atoms with van der Waals surface area (Å²) in [7, 11) is 0. The summed E-state index contributed by atoms with van der Waals surface area (Å²) in [5, 5.41) is 9.47. The quantitative estimate of drug-likeness (QED) is 0.819. The molecule has 1 atom stereocenters. The third-order valence-corrected chi connectivity index (χ3v) is 2.47. The fourth-order valence-electron chi connectivity index (χ4n) is 0.951. The van der Waals surface area contributed by atoms with Crippen LogP contribution in [-0.2, 0) is 0 Å². The average Bonchev–Trinajstić information content (AvgIpc) is 2.13. The molecule has 1 aromatic rings. The molecule has 0 aromatic heterocycles. The Balaban J connectivity index is 0.00000169. The SMILES string of the molecule is C=C[C@H](N)c1ccc(F)c(Br)c1O.Cl. The highest BCUT2D eigenvalue weighted by Crippen LogP contribution is 2.33. The maximum atomic E-state index is 12.9. The van der Waals surface area contributed by atoms with Crippen LogP contribution in [0, 0.1) is 5.82 Å². The molecule has 0 aliphatic rings. The van der Waals surface area contributed by atoms with Crippen molar-refractivity contribution in [3.05, 3.63) is 40.6 Å². The fourth-order valence-corrected chi connectivity index (χ4v) is 1.31. The van der Waals surface area contributed by atoms with Gasteiger partial charge in [0.05, 0.1) is 10.5 Å². The smallest absolute Gasteiger partial charge is 0.141 e. The van der Waals surface area contributed by atoms with Gasteiger partial charge in [-0.2, -0.15) is 0 Å². The molecular formula is C9H10BrClFNO.